The third-order valence-corrected chi connectivity index (χ3v) is 4.56. The Morgan fingerprint density at radius 3 is 2.65 bits per heavy atom. The van der Waals surface area contributed by atoms with Crippen molar-refractivity contribution in [2.24, 2.45) is 0 Å². The number of hydrogen-bond donors (Lipinski definition) is 0. The van der Waals surface area contributed by atoms with Crippen molar-refractivity contribution >= 4 is 33.9 Å². The molecule has 0 aliphatic heterocycles. The van der Waals surface area contributed by atoms with Crippen LogP contribution in [0.5, 0.6) is 0 Å². The molecule has 0 N–H and O–H groups in total. The van der Waals surface area contributed by atoms with Gasteiger partial charge in [0.05, 0.1) is 5.39 Å². The molecule has 0 unspecified atom stereocenters. The third-order valence-electron chi connectivity index (χ3n) is 4.31. The number of rotatable bonds is 1. The molecule has 26 heavy (non-hydrogen) atoms. The average Bonchev–Trinajstić information content (AvgIpc) is 3.26. The second-order valence-electron chi connectivity index (χ2n) is 5.86. The van der Waals surface area contributed by atoms with Crippen molar-refractivity contribution in [2.45, 2.75) is 6.92 Å². The molecule has 1 aromatic carbocycles. The average molecular weight is 360 g/mol. The lowest BCUT2D eigenvalue weighted by atomic mass is 9.98. The van der Waals surface area contributed by atoms with Crippen LogP contribution >= 0.6 is 11.6 Å². The third kappa shape index (κ3) is 1.93. The van der Waals surface area contributed by atoms with Gasteiger partial charge in [-0.1, -0.05) is 23.7 Å². The van der Waals surface area contributed by atoms with Gasteiger partial charge in [-0.15, -0.1) is 0 Å². The molecule has 0 radical (unpaired) electrons. The first-order valence-electron chi connectivity index (χ1n) is 7.84. The lowest BCUT2D eigenvalue weighted by Gasteiger charge is -2.12. The normalized spacial score (nSPS) is 11.4. The molecule has 0 aliphatic carbocycles. The number of pyridine rings is 1. The zero-order chi connectivity index (χ0) is 17.8. The van der Waals surface area contributed by atoms with Crippen LogP contribution in [0.4, 0.5) is 0 Å². The second-order valence-corrected chi connectivity index (χ2v) is 6.30. The van der Waals surface area contributed by atoms with Gasteiger partial charge < -0.3 is 0 Å². The largest absolute Gasteiger partial charge is 0.283 e. The molecule has 4 heterocycles. The maximum Gasteiger partial charge on any atom is 0.169 e. The molecule has 0 fully saturated rings. The first kappa shape index (κ1) is 14.8. The van der Waals surface area contributed by atoms with Crippen LogP contribution in [0.25, 0.3) is 33.5 Å². The minimum absolute atomic E-state index is 0.459. The highest BCUT2D eigenvalue weighted by molar-refractivity contribution is 6.30. The van der Waals surface area contributed by atoms with Gasteiger partial charge in [-0.25, -0.2) is 19.5 Å². The molecule has 7 nitrogen and oxygen atoms in total. The van der Waals surface area contributed by atoms with Gasteiger partial charge in [-0.2, -0.15) is 10.4 Å². The van der Waals surface area contributed by atoms with Gasteiger partial charge in [0.15, 0.2) is 16.9 Å². The summed E-state index contributed by atoms with van der Waals surface area (Å²) < 4.78 is 3.43. The van der Waals surface area contributed by atoms with E-state index in [1.54, 1.807) is 39.8 Å². The molecule has 0 aliphatic rings. The first-order chi connectivity index (χ1) is 12.7. The van der Waals surface area contributed by atoms with Crippen LogP contribution in [0.2, 0.25) is 5.02 Å². The molecular formula is C18H10ClN7. The van der Waals surface area contributed by atoms with Crippen molar-refractivity contribution in [3.05, 3.63) is 59.4 Å². The number of aryl methyl sites for hydroxylation is 1. The van der Waals surface area contributed by atoms with Gasteiger partial charge >= 0.3 is 0 Å². The second kappa shape index (κ2) is 5.25. The van der Waals surface area contributed by atoms with Gasteiger partial charge in [0.2, 0.25) is 0 Å². The summed E-state index contributed by atoms with van der Waals surface area (Å²) in [6.45, 7) is 1.82. The Kier molecular flexibility index (Phi) is 2.99. The summed E-state index contributed by atoms with van der Waals surface area (Å²) in [6.07, 6.45) is 5.06. The summed E-state index contributed by atoms with van der Waals surface area (Å²) in [6, 6.07) is 9.65. The van der Waals surface area contributed by atoms with Gasteiger partial charge in [-0.3, -0.25) is 4.40 Å². The quantitative estimate of drug-likeness (QED) is 0.458. The van der Waals surface area contributed by atoms with E-state index in [4.69, 9.17) is 11.6 Å². The van der Waals surface area contributed by atoms with E-state index in [2.05, 4.69) is 26.1 Å². The fraction of sp³-hybridized carbons (Fsp3) is 0.0556. The van der Waals surface area contributed by atoms with Crippen LogP contribution in [-0.4, -0.2) is 29.0 Å². The number of nitrogens with zero attached hydrogens (tertiary/aromatic N) is 7. The first-order valence-corrected chi connectivity index (χ1v) is 8.22. The van der Waals surface area contributed by atoms with Crippen molar-refractivity contribution in [1.29, 1.82) is 5.26 Å². The van der Waals surface area contributed by atoms with Gasteiger partial charge in [0.25, 0.3) is 0 Å². The number of fused-ring (bicyclic) bond motifs is 5. The van der Waals surface area contributed by atoms with Gasteiger partial charge in [-0.05, 0) is 24.6 Å². The van der Waals surface area contributed by atoms with Crippen LogP contribution in [-0.2, 0) is 0 Å². The van der Waals surface area contributed by atoms with Crippen LogP contribution in [0.3, 0.4) is 0 Å². The lowest BCUT2D eigenvalue weighted by Crippen LogP contribution is -2.02. The molecule has 0 amide bonds. The Labute approximate surface area is 152 Å². The Hall–Kier alpha value is -3.50. The van der Waals surface area contributed by atoms with Crippen molar-refractivity contribution in [3.63, 3.8) is 0 Å². The Balaban J connectivity index is 2.10. The number of nitriles is 1. The summed E-state index contributed by atoms with van der Waals surface area (Å²) >= 11 is 6.05. The Bertz CT molecular complexity index is 1360. The van der Waals surface area contributed by atoms with Gasteiger partial charge in [0.1, 0.15) is 23.8 Å². The Morgan fingerprint density at radius 2 is 1.88 bits per heavy atom. The minimum atomic E-state index is 0.459. The van der Waals surface area contributed by atoms with Crippen molar-refractivity contribution in [3.8, 4) is 17.2 Å². The van der Waals surface area contributed by atoms with Crippen molar-refractivity contribution in [2.75, 3.05) is 0 Å². The molecule has 5 rings (SSSR count). The smallest absolute Gasteiger partial charge is 0.169 e. The van der Waals surface area contributed by atoms with Crippen LogP contribution in [0.1, 0.15) is 11.4 Å². The highest BCUT2D eigenvalue weighted by Gasteiger charge is 2.21. The zero-order valence-electron chi connectivity index (χ0n) is 13.5. The van der Waals surface area contributed by atoms with E-state index in [1.165, 1.54) is 0 Å². The highest BCUT2D eigenvalue weighted by atomic mass is 35.5. The maximum atomic E-state index is 9.89. The summed E-state index contributed by atoms with van der Waals surface area (Å²) in [5.41, 5.74) is 3.89. The lowest BCUT2D eigenvalue weighted by molar-refractivity contribution is 0.904. The number of hydrogen-bond acceptors (Lipinski definition) is 5. The van der Waals surface area contributed by atoms with E-state index in [0.717, 1.165) is 16.5 Å². The predicted molar refractivity (Wildman–Crippen MR) is 96.9 cm³/mol. The van der Waals surface area contributed by atoms with Gasteiger partial charge in [0, 0.05) is 23.0 Å². The molecule has 0 spiro atoms. The maximum absolute atomic E-state index is 9.89. The van der Waals surface area contributed by atoms with E-state index in [-0.39, 0.29) is 0 Å². The van der Waals surface area contributed by atoms with Crippen molar-refractivity contribution in [1.82, 2.24) is 29.0 Å². The molecule has 4 aromatic heterocycles. The molecule has 124 valence electrons. The van der Waals surface area contributed by atoms with E-state index in [1.807, 2.05) is 19.1 Å². The molecular weight excluding hydrogens is 350 g/mol. The monoisotopic (exact) mass is 359 g/mol. The van der Waals surface area contributed by atoms with E-state index < -0.39 is 0 Å². The molecule has 0 saturated carbocycles. The number of aromatic nitrogens is 6. The summed E-state index contributed by atoms with van der Waals surface area (Å²) in [5, 5.41) is 15.6. The molecule has 0 saturated heterocycles. The van der Waals surface area contributed by atoms with Crippen LogP contribution < -0.4 is 0 Å². The van der Waals surface area contributed by atoms with E-state index >= 15 is 0 Å². The summed E-state index contributed by atoms with van der Waals surface area (Å²) in [7, 11) is 0. The molecule has 0 atom stereocenters. The van der Waals surface area contributed by atoms with Crippen LogP contribution in [0, 0.1) is 18.3 Å². The predicted octanol–water partition coefficient (Wildman–Crippen LogP) is 3.43. The summed E-state index contributed by atoms with van der Waals surface area (Å²) in [5.74, 6) is 0.630. The fourth-order valence-electron chi connectivity index (χ4n) is 3.27. The number of benzene rings is 1. The Morgan fingerprint density at radius 1 is 1.08 bits per heavy atom. The van der Waals surface area contributed by atoms with E-state index in [0.29, 0.717) is 33.4 Å². The SMILES string of the molecule is Cc1nc2c3c(-c4ccc(Cl)cc4)c(C#N)c4nccn4c3ncn2n1. The van der Waals surface area contributed by atoms with E-state index in [9.17, 15) is 5.26 Å². The standard InChI is InChI=1S/C18H10ClN7/c1-10-23-18-15-14(11-2-4-12(19)5-3-11)13(8-20)16-21-6-7-25(16)17(15)22-9-26(18)24-10/h2-7,9H,1H3. The summed E-state index contributed by atoms with van der Waals surface area (Å²) in [4.78, 5) is 13.5. The molecule has 8 heteroatoms. The zero-order valence-corrected chi connectivity index (χ0v) is 14.3. The minimum Gasteiger partial charge on any atom is -0.283 e. The highest BCUT2D eigenvalue weighted by Crippen LogP contribution is 2.35. The number of halogens is 1. The van der Waals surface area contributed by atoms with Crippen LogP contribution in [0.15, 0.2) is 43.0 Å². The fourth-order valence-corrected chi connectivity index (χ4v) is 3.39. The molecule has 0 bridgehead atoms. The topological polar surface area (TPSA) is 84.2 Å². The number of imidazole rings is 1. The van der Waals surface area contributed by atoms with Crippen molar-refractivity contribution < 1.29 is 0 Å². The molecule has 5 aromatic rings.